The van der Waals surface area contributed by atoms with Gasteiger partial charge in [0.05, 0.1) is 6.26 Å². The van der Waals surface area contributed by atoms with Crippen LogP contribution in [0.4, 0.5) is 39.5 Å². The molecule has 2 aromatic carbocycles. The van der Waals surface area contributed by atoms with E-state index in [2.05, 4.69) is 0 Å². The number of nitrogens with zero attached hydrogens (tertiary/aromatic N) is 2. The number of alkyl halides is 6. The van der Waals surface area contributed by atoms with Crippen molar-refractivity contribution in [1.29, 1.82) is 0 Å². The Labute approximate surface area is 212 Å². The first-order chi connectivity index (χ1) is 17.3. The van der Waals surface area contributed by atoms with Crippen LogP contribution in [-0.2, 0) is 28.6 Å². The summed E-state index contributed by atoms with van der Waals surface area (Å²) in [6.07, 6.45) is -11.7. The van der Waals surface area contributed by atoms with Gasteiger partial charge in [-0.25, -0.2) is 21.6 Å². The number of rotatable bonds is 6. The lowest BCUT2D eigenvalue weighted by Crippen LogP contribution is -2.53. The number of benzene rings is 2. The Bertz CT molecular complexity index is 1290. The molecule has 1 heterocycles. The summed E-state index contributed by atoms with van der Waals surface area (Å²) in [5.41, 5.74) is -9.23. The molecule has 0 bridgehead atoms. The fourth-order valence-electron chi connectivity index (χ4n) is 4.37. The van der Waals surface area contributed by atoms with Crippen LogP contribution in [0.3, 0.4) is 0 Å². The van der Waals surface area contributed by atoms with Gasteiger partial charge in [-0.1, -0.05) is 19.1 Å². The van der Waals surface area contributed by atoms with Gasteiger partial charge in [-0.05, 0) is 24.1 Å². The minimum atomic E-state index is -6.25. The molecular weight excluding hydrogens is 555 g/mol. The molecule has 0 radical (unpaired) electrons. The molecular formula is C23H23F9N2O3S. The van der Waals surface area contributed by atoms with Crippen molar-refractivity contribution in [3.8, 4) is 11.1 Å². The van der Waals surface area contributed by atoms with E-state index >= 15 is 8.78 Å². The molecule has 212 valence electrons. The molecule has 3 rings (SSSR count). The van der Waals surface area contributed by atoms with Crippen molar-refractivity contribution in [3.05, 3.63) is 58.4 Å². The summed E-state index contributed by atoms with van der Waals surface area (Å²) < 4.78 is 149. The Morgan fingerprint density at radius 1 is 0.895 bits per heavy atom. The second-order valence-corrected chi connectivity index (χ2v) is 10.9. The number of hydrogen-bond acceptors (Lipinski definition) is 4. The maximum absolute atomic E-state index is 15.4. The fraction of sp³-hybridized carbons (Fsp3) is 0.478. The molecule has 15 heteroatoms. The van der Waals surface area contributed by atoms with Crippen molar-refractivity contribution in [2.45, 2.75) is 37.8 Å². The molecule has 1 aliphatic rings. The molecule has 0 aromatic heterocycles. The normalized spacial score (nSPS) is 16.7. The second-order valence-electron chi connectivity index (χ2n) is 8.88. The van der Waals surface area contributed by atoms with Crippen molar-refractivity contribution in [1.82, 2.24) is 9.21 Å². The Hall–Kier alpha value is -2.36. The summed E-state index contributed by atoms with van der Waals surface area (Å²) >= 11 is 0. The van der Waals surface area contributed by atoms with Crippen molar-refractivity contribution in [2.75, 3.05) is 32.4 Å². The van der Waals surface area contributed by atoms with Gasteiger partial charge in [0.25, 0.3) is 5.60 Å². The maximum Gasteiger partial charge on any atom is 0.430 e. The standard InChI is InChI=1S/C23H23F9N2O3S/c1-3-15-19(16-5-4-14(11-17(16)24)21(35,22(27,28)29)23(30,31)32)18(25)10-13(20(15)26)12-33-6-8-34(9-7-33)38(2,36)37/h4-5,10-11,35H,3,6-9,12H2,1-2H3. The zero-order valence-electron chi connectivity index (χ0n) is 20.0. The van der Waals surface area contributed by atoms with E-state index in [0.717, 1.165) is 12.3 Å². The van der Waals surface area contributed by atoms with Gasteiger partial charge in [0, 0.05) is 55.0 Å². The largest absolute Gasteiger partial charge is 0.430 e. The smallest absolute Gasteiger partial charge is 0.369 e. The van der Waals surface area contributed by atoms with E-state index in [4.69, 9.17) is 0 Å². The van der Waals surface area contributed by atoms with Gasteiger partial charge in [0.2, 0.25) is 10.0 Å². The minimum Gasteiger partial charge on any atom is -0.369 e. The fourth-order valence-corrected chi connectivity index (χ4v) is 5.19. The summed E-state index contributed by atoms with van der Waals surface area (Å²) in [4.78, 5) is 1.67. The monoisotopic (exact) mass is 578 g/mol. The van der Waals surface area contributed by atoms with Gasteiger partial charge in [-0.3, -0.25) is 4.90 Å². The summed E-state index contributed by atoms with van der Waals surface area (Å²) in [6, 6.07) is 1.13. The third kappa shape index (κ3) is 5.51. The Morgan fingerprint density at radius 3 is 1.89 bits per heavy atom. The van der Waals surface area contributed by atoms with Crippen LogP contribution in [0.5, 0.6) is 0 Å². The molecule has 1 aliphatic heterocycles. The highest BCUT2D eigenvalue weighted by atomic mass is 32.2. The van der Waals surface area contributed by atoms with Crippen LogP contribution >= 0.6 is 0 Å². The van der Waals surface area contributed by atoms with Crippen LogP contribution in [0.25, 0.3) is 11.1 Å². The van der Waals surface area contributed by atoms with E-state index in [9.17, 15) is 44.3 Å². The van der Waals surface area contributed by atoms with Gasteiger partial charge < -0.3 is 5.11 Å². The molecule has 0 aliphatic carbocycles. The Morgan fingerprint density at radius 2 is 1.45 bits per heavy atom. The third-order valence-electron chi connectivity index (χ3n) is 6.41. The maximum atomic E-state index is 15.4. The highest BCUT2D eigenvalue weighted by molar-refractivity contribution is 7.88. The van der Waals surface area contributed by atoms with E-state index in [-0.39, 0.29) is 62.4 Å². The molecule has 38 heavy (non-hydrogen) atoms. The quantitative estimate of drug-likeness (QED) is 0.504. The molecule has 1 N–H and O–H groups in total. The van der Waals surface area contributed by atoms with Crippen molar-refractivity contribution < 1.29 is 53.0 Å². The minimum absolute atomic E-state index is 0.126. The molecule has 0 unspecified atom stereocenters. The molecule has 0 atom stereocenters. The lowest BCUT2D eigenvalue weighted by molar-refractivity contribution is -0.376. The number of sulfonamides is 1. The second kappa shape index (κ2) is 10.3. The predicted octanol–water partition coefficient (Wildman–Crippen LogP) is 4.72. The lowest BCUT2D eigenvalue weighted by Gasteiger charge is -2.33. The molecule has 0 amide bonds. The van der Waals surface area contributed by atoms with Crippen LogP contribution in [0.1, 0.15) is 23.6 Å². The molecule has 0 spiro atoms. The van der Waals surface area contributed by atoms with E-state index in [1.54, 1.807) is 4.90 Å². The zero-order chi connectivity index (χ0) is 28.8. The van der Waals surface area contributed by atoms with Gasteiger partial charge in [0.1, 0.15) is 17.5 Å². The summed E-state index contributed by atoms with van der Waals surface area (Å²) in [5, 5.41) is 9.50. The van der Waals surface area contributed by atoms with E-state index in [0.29, 0.717) is 6.07 Å². The molecule has 1 saturated heterocycles. The number of hydrogen-bond donors (Lipinski definition) is 1. The first kappa shape index (κ1) is 30.2. The summed E-state index contributed by atoms with van der Waals surface area (Å²) in [6.45, 7) is 1.96. The molecule has 1 fully saturated rings. The van der Waals surface area contributed by atoms with Crippen LogP contribution in [0, 0.1) is 17.5 Å². The topological polar surface area (TPSA) is 60.9 Å². The first-order valence-corrected chi connectivity index (χ1v) is 13.0. The summed E-state index contributed by atoms with van der Waals surface area (Å²) in [7, 11) is -3.42. The van der Waals surface area contributed by atoms with Gasteiger partial charge >= 0.3 is 12.4 Å². The first-order valence-electron chi connectivity index (χ1n) is 11.2. The highest BCUT2D eigenvalue weighted by Gasteiger charge is 2.71. The van der Waals surface area contributed by atoms with Crippen LogP contribution < -0.4 is 0 Å². The zero-order valence-corrected chi connectivity index (χ0v) is 20.8. The number of aliphatic hydroxyl groups is 1. The van der Waals surface area contributed by atoms with Crippen LogP contribution in [0.15, 0.2) is 24.3 Å². The average molecular weight is 578 g/mol. The molecule has 2 aromatic rings. The Balaban J connectivity index is 2.00. The van der Waals surface area contributed by atoms with Crippen LogP contribution in [0.2, 0.25) is 0 Å². The van der Waals surface area contributed by atoms with Crippen molar-refractivity contribution in [2.24, 2.45) is 0 Å². The van der Waals surface area contributed by atoms with E-state index in [1.807, 2.05) is 0 Å². The lowest BCUT2D eigenvalue weighted by atomic mass is 9.88. The van der Waals surface area contributed by atoms with Crippen LogP contribution in [-0.4, -0.2) is 67.5 Å². The SMILES string of the molecule is CCc1c(F)c(CN2CCN(S(C)(=O)=O)CC2)cc(F)c1-c1ccc(C(O)(C(F)(F)F)C(F)(F)F)cc1F. The predicted molar refractivity (Wildman–Crippen MR) is 119 cm³/mol. The van der Waals surface area contributed by atoms with E-state index < -0.39 is 62.1 Å². The van der Waals surface area contributed by atoms with Crippen molar-refractivity contribution >= 4 is 10.0 Å². The Kier molecular flexibility index (Phi) is 8.20. The highest BCUT2D eigenvalue weighted by Crippen LogP contribution is 2.50. The van der Waals surface area contributed by atoms with Gasteiger partial charge in [-0.2, -0.15) is 30.6 Å². The van der Waals surface area contributed by atoms with Gasteiger partial charge in [-0.15, -0.1) is 0 Å². The van der Waals surface area contributed by atoms with E-state index in [1.165, 1.54) is 11.2 Å². The van der Waals surface area contributed by atoms with Crippen molar-refractivity contribution in [3.63, 3.8) is 0 Å². The molecule has 5 nitrogen and oxygen atoms in total. The summed E-state index contributed by atoms with van der Waals surface area (Å²) in [5.74, 6) is -3.84. The molecule has 0 saturated carbocycles. The average Bonchev–Trinajstić information content (AvgIpc) is 2.79. The van der Waals surface area contributed by atoms with Gasteiger partial charge in [0.15, 0.2) is 0 Å². The third-order valence-corrected chi connectivity index (χ3v) is 7.72. The number of halogens is 9. The number of piperazine rings is 1.